The number of nitrogens with zero attached hydrogens (tertiary/aromatic N) is 2. The van der Waals surface area contributed by atoms with Crippen LogP contribution < -0.4 is 16.0 Å². The molecule has 0 saturated heterocycles. The van der Waals surface area contributed by atoms with Crippen LogP contribution >= 0.6 is 0 Å². The van der Waals surface area contributed by atoms with Crippen LogP contribution in [0.3, 0.4) is 0 Å². The molecule has 2 aromatic rings. The summed E-state index contributed by atoms with van der Waals surface area (Å²) in [5.74, 6) is -0.559. The van der Waals surface area contributed by atoms with E-state index in [-0.39, 0.29) is 11.7 Å². The number of rotatable bonds is 3. The van der Waals surface area contributed by atoms with E-state index < -0.39 is 12.2 Å². The molecule has 0 spiro atoms. The fourth-order valence-electron chi connectivity index (χ4n) is 2.84. The number of hydrogen-bond acceptors (Lipinski definition) is 4. The maximum Gasteiger partial charge on any atom is 0.238 e. The number of anilines is 1. The minimum atomic E-state index is -0.611. The van der Waals surface area contributed by atoms with E-state index in [4.69, 9.17) is 10.7 Å². The quantitative estimate of drug-likeness (QED) is 0.896. The summed E-state index contributed by atoms with van der Waals surface area (Å²) >= 11 is 0. The predicted molar refractivity (Wildman–Crippen MR) is 97.3 cm³/mol. The lowest BCUT2D eigenvalue weighted by Crippen LogP contribution is -2.47. The second-order valence-electron chi connectivity index (χ2n) is 6.20. The minimum absolute atomic E-state index is 0.258. The number of aliphatic imine (C=N–C) groups is 1. The molecule has 25 heavy (non-hydrogen) atoms. The van der Waals surface area contributed by atoms with Crippen molar-refractivity contribution in [3.63, 3.8) is 0 Å². The van der Waals surface area contributed by atoms with Crippen molar-refractivity contribution in [2.75, 3.05) is 18.5 Å². The van der Waals surface area contributed by atoms with Gasteiger partial charge in [0.2, 0.25) is 5.91 Å². The fraction of sp³-hybridized carbons (Fsp3) is 0.263. The molecule has 5 nitrogen and oxygen atoms in total. The summed E-state index contributed by atoms with van der Waals surface area (Å²) in [6.45, 7) is 2.15. The van der Waals surface area contributed by atoms with Crippen LogP contribution in [0.15, 0.2) is 53.5 Å². The molecule has 6 heteroatoms. The third kappa shape index (κ3) is 3.69. The molecular formula is C19H21FN4O. The van der Waals surface area contributed by atoms with E-state index in [1.54, 1.807) is 19.1 Å². The van der Waals surface area contributed by atoms with Gasteiger partial charge in [0.15, 0.2) is 0 Å². The standard InChI is InChI=1S/C19H21FN4O/c1-12(21)19(25)23-17-11-24(2)16-6-4-3-5-15(16)18(22-17)13-7-9-14(20)10-8-13/h3-10,12,17H,11,21H2,1-2H3,(H,23,25)/t12-,17?/m0/s1. The molecule has 3 rings (SSSR count). The van der Waals surface area contributed by atoms with Crippen LogP contribution in [0.2, 0.25) is 0 Å². The maximum atomic E-state index is 13.3. The summed E-state index contributed by atoms with van der Waals surface area (Å²) in [6, 6.07) is 13.5. The summed E-state index contributed by atoms with van der Waals surface area (Å²) in [5, 5.41) is 2.87. The summed E-state index contributed by atoms with van der Waals surface area (Å²) in [5.41, 5.74) is 9.11. The molecule has 1 aliphatic rings. The van der Waals surface area contributed by atoms with Crippen LogP contribution in [0, 0.1) is 5.82 Å². The van der Waals surface area contributed by atoms with Gasteiger partial charge in [-0.25, -0.2) is 4.39 Å². The van der Waals surface area contributed by atoms with Crippen LogP contribution in [0.4, 0.5) is 10.1 Å². The largest absolute Gasteiger partial charge is 0.370 e. The Bertz CT molecular complexity index is 801. The molecule has 1 aliphatic heterocycles. The van der Waals surface area contributed by atoms with Gasteiger partial charge >= 0.3 is 0 Å². The van der Waals surface area contributed by atoms with Gasteiger partial charge in [0, 0.05) is 23.9 Å². The normalized spacial score (nSPS) is 18.0. The van der Waals surface area contributed by atoms with Crippen molar-refractivity contribution < 1.29 is 9.18 Å². The minimum Gasteiger partial charge on any atom is -0.370 e. The Labute approximate surface area is 146 Å². The van der Waals surface area contributed by atoms with Gasteiger partial charge < -0.3 is 16.0 Å². The lowest BCUT2D eigenvalue weighted by molar-refractivity contribution is -0.122. The van der Waals surface area contributed by atoms with Crippen LogP contribution in [-0.2, 0) is 4.79 Å². The molecule has 2 aromatic carbocycles. The Hall–Kier alpha value is -2.73. The summed E-state index contributed by atoms with van der Waals surface area (Å²) in [6.07, 6.45) is -0.448. The third-order valence-electron chi connectivity index (χ3n) is 4.14. The van der Waals surface area contributed by atoms with Crippen molar-refractivity contribution >= 4 is 17.3 Å². The van der Waals surface area contributed by atoms with Gasteiger partial charge in [-0.1, -0.05) is 18.2 Å². The molecule has 1 amide bonds. The average Bonchev–Trinajstić information content (AvgIpc) is 2.73. The van der Waals surface area contributed by atoms with E-state index in [0.29, 0.717) is 6.54 Å². The van der Waals surface area contributed by atoms with Gasteiger partial charge in [-0.05, 0) is 37.3 Å². The van der Waals surface area contributed by atoms with E-state index in [1.165, 1.54) is 12.1 Å². The molecule has 0 saturated carbocycles. The number of para-hydroxylation sites is 1. The first-order valence-corrected chi connectivity index (χ1v) is 8.16. The van der Waals surface area contributed by atoms with E-state index in [0.717, 1.165) is 22.5 Å². The lowest BCUT2D eigenvalue weighted by atomic mass is 10.0. The molecule has 3 N–H and O–H groups in total. The Balaban J connectivity index is 2.07. The number of benzene rings is 2. The highest BCUT2D eigenvalue weighted by molar-refractivity contribution is 6.16. The number of nitrogens with one attached hydrogen (secondary N) is 1. The fourth-order valence-corrected chi connectivity index (χ4v) is 2.84. The van der Waals surface area contributed by atoms with Crippen LogP contribution in [-0.4, -0.2) is 37.4 Å². The van der Waals surface area contributed by atoms with Gasteiger partial charge in [-0.2, -0.15) is 0 Å². The molecule has 130 valence electrons. The molecule has 0 aliphatic carbocycles. The maximum absolute atomic E-state index is 13.3. The highest BCUT2D eigenvalue weighted by Crippen LogP contribution is 2.26. The number of likely N-dealkylation sites (N-methyl/N-ethyl adjacent to an activating group) is 1. The van der Waals surface area contributed by atoms with E-state index in [9.17, 15) is 9.18 Å². The van der Waals surface area contributed by atoms with Crippen LogP contribution in [0.25, 0.3) is 0 Å². The molecule has 1 heterocycles. The van der Waals surface area contributed by atoms with E-state index in [2.05, 4.69) is 5.32 Å². The summed E-state index contributed by atoms with van der Waals surface area (Å²) < 4.78 is 13.3. The predicted octanol–water partition coefficient (Wildman–Crippen LogP) is 1.90. The molecule has 2 atom stereocenters. The topological polar surface area (TPSA) is 70.7 Å². The number of fused-ring (bicyclic) bond motifs is 1. The Morgan fingerprint density at radius 3 is 2.64 bits per heavy atom. The monoisotopic (exact) mass is 340 g/mol. The molecule has 0 bridgehead atoms. The number of halogens is 1. The molecule has 1 unspecified atom stereocenters. The van der Waals surface area contributed by atoms with Crippen molar-refractivity contribution in [2.45, 2.75) is 19.1 Å². The summed E-state index contributed by atoms with van der Waals surface area (Å²) in [4.78, 5) is 18.8. The summed E-state index contributed by atoms with van der Waals surface area (Å²) in [7, 11) is 1.95. The number of nitrogens with two attached hydrogens (primary N) is 1. The lowest BCUT2D eigenvalue weighted by Gasteiger charge is -2.23. The number of amides is 1. The van der Waals surface area contributed by atoms with Crippen molar-refractivity contribution in [1.29, 1.82) is 0 Å². The highest BCUT2D eigenvalue weighted by atomic mass is 19.1. The number of carbonyl (C=O) groups is 1. The van der Waals surface area contributed by atoms with E-state index >= 15 is 0 Å². The zero-order valence-corrected chi connectivity index (χ0v) is 14.2. The van der Waals surface area contributed by atoms with Crippen LogP contribution in [0.1, 0.15) is 18.1 Å². The van der Waals surface area contributed by atoms with Gasteiger partial charge in [-0.3, -0.25) is 9.79 Å². The molecular weight excluding hydrogens is 319 g/mol. The Morgan fingerprint density at radius 1 is 1.28 bits per heavy atom. The number of carbonyl (C=O) groups excluding carboxylic acids is 1. The first-order chi connectivity index (χ1) is 12.0. The first-order valence-electron chi connectivity index (χ1n) is 8.16. The second-order valence-corrected chi connectivity index (χ2v) is 6.20. The molecule has 0 radical (unpaired) electrons. The smallest absolute Gasteiger partial charge is 0.238 e. The SMILES string of the molecule is C[C@H](N)C(=O)NC1CN(C)c2ccccc2C(c2ccc(F)cc2)=N1. The Kier molecular flexibility index (Phi) is 4.81. The molecule has 0 aromatic heterocycles. The average molecular weight is 340 g/mol. The van der Waals surface area contributed by atoms with E-state index in [1.807, 2.05) is 36.2 Å². The molecule has 0 fully saturated rings. The van der Waals surface area contributed by atoms with Gasteiger partial charge in [-0.15, -0.1) is 0 Å². The zero-order chi connectivity index (χ0) is 18.0. The van der Waals surface area contributed by atoms with Gasteiger partial charge in [0.25, 0.3) is 0 Å². The Morgan fingerprint density at radius 2 is 1.96 bits per heavy atom. The van der Waals surface area contributed by atoms with Crippen molar-refractivity contribution in [2.24, 2.45) is 10.7 Å². The number of benzodiazepines with no additional fused rings is 1. The van der Waals surface area contributed by atoms with Crippen molar-refractivity contribution in [1.82, 2.24) is 5.32 Å². The van der Waals surface area contributed by atoms with Gasteiger partial charge in [0.1, 0.15) is 12.0 Å². The third-order valence-corrected chi connectivity index (χ3v) is 4.14. The first kappa shape index (κ1) is 17.1. The zero-order valence-electron chi connectivity index (χ0n) is 14.2. The number of hydrogen-bond donors (Lipinski definition) is 2. The van der Waals surface area contributed by atoms with Crippen molar-refractivity contribution in [3.05, 3.63) is 65.5 Å². The highest BCUT2D eigenvalue weighted by Gasteiger charge is 2.24. The second kappa shape index (κ2) is 7.03. The van der Waals surface area contributed by atoms with Gasteiger partial charge in [0.05, 0.1) is 18.3 Å². The van der Waals surface area contributed by atoms with Crippen LogP contribution in [0.5, 0.6) is 0 Å². The van der Waals surface area contributed by atoms with Crippen molar-refractivity contribution in [3.8, 4) is 0 Å².